The molecule has 1 aromatic heterocycles. The number of nitrogen functional groups attached to an aromatic ring is 1. The number of carbonyl (C=O) groups is 1. The first-order chi connectivity index (χ1) is 8.63. The van der Waals surface area contributed by atoms with Crippen molar-refractivity contribution in [1.82, 2.24) is 15.1 Å². The van der Waals surface area contributed by atoms with Crippen LogP contribution in [0.15, 0.2) is 0 Å². The van der Waals surface area contributed by atoms with Crippen molar-refractivity contribution in [1.29, 1.82) is 5.26 Å². The molecule has 1 fully saturated rings. The third-order valence-electron chi connectivity index (χ3n) is 2.79. The summed E-state index contributed by atoms with van der Waals surface area (Å²) < 4.78 is 1.15. The van der Waals surface area contributed by atoms with Crippen molar-refractivity contribution in [3.8, 4) is 6.07 Å². The summed E-state index contributed by atoms with van der Waals surface area (Å²) in [4.78, 5) is 12.6. The molecule has 18 heavy (non-hydrogen) atoms. The second-order valence-corrected chi connectivity index (χ2v) is 3.98. The monoisotopic (exact) mass is 250 g/mol. The fraction of sp³-hybridized carbons (Fsp3) is 0.500. The molecule has 0 spiro atoms. The van der Waals surface area contributed by atoms with Gasteiger partial charge in [0.15, 0.2) is 5.82 Å². The van der Waals surface area contributed by atoms with E-state index >= 15 is 0 Å². The average molecular weight is 250 g/mol. The van der Waals surface area contributed by atoms with Gasteiger partial charge < -0.3 is 21.1 Å². The largest absolute Gasteiger partial charge is 0.480 e. The molecule has 0 radical (unpaired) electrons. The summed E-state index contributed by atoms with van der Waals surface area (Å²) in [5.74, 6) is -0.466. The van der Waals surface area contributed by atoms with E-state index in [-0.39, 0.29) is 17.9 Å². The molecule has 2 rings (SSSR count). The van der Waals surface area contributed by atoms with Crippen molar-refractivity contribution in [3.05, 3.63) is 5.56 Å². The fourth-order valence-corrected chi connectivity index (χ4v) is 1.92. The van der Waals surface area contributed by atoms with Gasteiger partial charge in [0.05, 0.1) is 0 Å². The van der Waals surface area contributed by atoms with Crippen molar-refractivity contribution in [3.63, 3.8) is 0 Å². The number of piperazine rings is 1. The number of aliphatic carboxylic acids is 1. The van der Waals surface area contributed by atoms with E-state index in [1.54, 1.807) is 0 Å². The van der Waals surface area contributed by atoms with E-state index < -0.39 is 5.97 Å². The van der Waals surface area contributed by atoms with Gasteiger partial charge in [-0.05, 0) is 0 Å². The van der Waals surface area contributed by atoms with Gasteiger partial charge in [0, 0.05) is 26.2 Å². The average Bonchev–Trinajstić information content (AvgIpc) is 2.67. The van der Waals surface area contributed by atoms with Gasteiger partial charge in [-0.3, -0.25) is 4.79 Å². The number of nitrogens with zero attached hydrogens (tertiary/aromatic N) is 4. The number of aromatic nitrogens is 2. The van der Waals surface area contributed by atoms with Gasteiger partial charge in [0.1, 0.15) is 24.0 Å². The third-order valence-corrected chi connectivity index (χ3v) is 2.79. The van der Waals surface area contributed by atoms with Gasteiger partial charge in [-0.25, -0.2) is 4.68 Å². The van der Waals surface area contributed by atoms with Gasteiger partial charge >= 0.3 is 5.97 Å². The minimum absolute atomic E-state index is 0.105. The molecule has 1 aliphatic heterocycles. The Kier molecular flexibility index (Phi) is 3.34. The van der Waals surface area contributed by atoms with Crippen molar-refractivity contribution in [2.24, 2.45) is 0 Å². The molecule has 2 heterocycles. The molecule has 96 valence electrons. The third kappa shape index (κ3) is 2.21. The Balaban J connectivity index is 2.34. The molecule has 0 aromatic carbocycles. The molecule has 1 aliphatic rings. The van der Waals surface area contributed by atoms with Crippen LogP contribution < -0.4 is 16.0 Å². The zero-order valence-corrected chi connectivity index (χ0v) is 9.76. The Morgan fingerprint density at radius 1 is 1.56 bits per heavy atom. The Hall–Kier alpha value is -2.27. The van der Waals surface area contributed by atoms with Crippen LogP contribution in [0.1, 0.15) is 5.56 Å². The molecule has 0 bridgehead atoms. The summed E-state index contributed by atoms with van der Waals surface area (Å²) in [6, 6.07) is 1.99. The SMILES string of the molecule is N#Cc1c(N2CCNCC2)nn(CC(=O)O)c1N. The highest BCUT2D eigenvalue weighted by molar-refractivity contribution is 5.70. The highest BCUT2D eigenvalue weighted by atomic mass is 16.4. The lowest BCUT2D eigenvalue weighted by molar-refractivity contribution is -0.137. The first-order valence-electron chi connectivity index (χ1n) is 5.57. The lowest BCUT2D eigenvalue weighted by Gasteiger charge is -2.27. The molecule has 0 atom stereocenters. The first kappa shape index (κ1) is 12.2. The van der Waals surface area contributed by atoms with Crippen LogP contribution in [0.25, 0.3) is 0 Å². The number of anilines is 2. The topological polar surface area (TPSA) is 120 Å². The van der Waals surface area contributed by atoms with Gasteiger partial charge in [-0.1, -0.05) is 0 Å². The normalized spacial score (nSPS) is 15.4. The highest BCUT2D eigenvalue weighted by Gasteiger charge is 2.22. The number of hydrogen-bond acceptors (Lipinski definition) is 6. The standard InChI is InChI=1S/C10H14N6O2/c11-5-7-9(12)16(6-8(17)18)14-10(7)15-3-1-13-2-4-15/h13H,1-4,6,12H2,(H,17,18). The molecule has 8 heteroatoms. The summed E-state index contributed by atoms with van der Waals surface area (Å²) in [7, 11) is 0. The predicted octanol–water partition coefficient (Wildman–Crippen LogP) is -1.17. The number of rotatable bonds is 3. The number of hydrogen-bond donors (Lipinski definition) is 3. The molecule has 0 aliphatic carbocycles. The second kappa shape index (κ2) is 4.93. The van der Waals surface area contributed by atoms with Gasteiger partial charge in [0.25, 0.3) is 0 Å². The maximum Gasteiger partial charge on any atom is 0.325 e. The van der Waals surface area contributed by atoms with Gasteiger partial charge in [-0.15, -0.1) is 0 Å². The van der Waals surface area contributed by atoms with Crippen LogP contribution in [0, 0.1) is 11.3 Å². The lowest BCUT2D eigenvalue weighted by atomic mass is 10.2. The lowest BCUT2D eigenvalue weighted by Crippen LogP contribution is -2.44. The number of carboxylic acids is 1. The minimum Gasteiger partial charge on any atom is -0.480 e. The van der Waals surface area contributed by atoms with E-state index in [0.29, 0.717) is 5.82 Å². The number of carboxylic acid groups (broad SMARTS) is 1. The van der Waals surface area contributed by atoms with Crippen molar-refractivity contribution >= 4 is 17.6 Å². The van der Waals surface area contributed by atoms with E-state index in [9.17, 15) is 4.79 Å². The van der Waals surface area contributed by atoms with Crippen LogP contribution in [0.4, 0.5) is 11.6 Å². The maximum atomic E-state index is 10.7. The van der Waals surface area contributed by atoms with Crippen molar-refractivity contribution < 1.29 is 9.90 Å². The Morgan fingerprint density at radius 2 is 2.22 bits per heavy atom. The molecule has 1 saturated heterocycles. The summed E-state index contributed by atoms with van der Waals surface area (Å²) >= 11 is 0. The second-order valence-electron chi connectivity index (χ2n) is 3.98. The van der Waals surface area contributed by atoms with Gasteiger partial charge in [-0.2, -0.15) is 10.4 Å². The van der Waals surface area contributed by atoms with Crippen LogP contribution in [0.5, 0.6) is 0 Å². The molecule has 0 amide bonds. The highest BCUT2D eigenvalue weighted by Crippen LogP contribution is 2.24. The van der Waals surface area contributed by atoms with E-state index in [4.69, 9.17) is 16.1 Å². The van der Waals surface area contributed by atoms with E-state index in [1.165, 1.54) is 0 Å². The zero-order chi connectivity index (χ0) is 13.1. The molecule has 1 aromatic rings. The maximum absolute atomic E-state index is 10.7. The van der Waals surface area contributed by atoms with E-state index in [1.807, 2.05) is 11.0 Å². The predicted molar refractivity (Wildman–Crippen MR) is 64.1 cm³/mol. The molecular weight excluding hydrogens is 236 g/mol. The smallest absolute Gasteiger partial charge is 0.325 e. The van der Waals surface area contributed by atoms with E-state index in [0.717, 1.165) is 30.9 Å². The van der Waals surface area contributed by atoms with Crippen LogP contribution in [0.3, 0.4) is 0 Å². The summed E-state index contributed by atoms with van der Waals surface area (Å²) in [5, 5.41) is 25.2. The van der Waals surface area contributed by atoms with Crippen LogP contribution in [-0.2, 0) is 11.3 Å². The fourth-order valence-electron chi connectivity index (χ4n) is 1.92. The molecule has 0 saturated carbocycles. The Morgan fingerprint density at radius 3 is 2.78 bits per heavy atom. The van der Waals surface area contributed by atoms with Crippen molar-refractivity contribution in [2.45, 2.75) is 6.54 Å². The van der Waals surface area contributed by atoms with Crippen molar-refractivity contribution in [2.75, 3.05) is 36.8 Å². The Labute approximate surface area is 104 Å². The van der Waals surface area contributed by atoms with E-state index in [2.05, 4.69) is 10.4 Å². The molecular formula is C10H14N6O2. The summed E-state index contributed by atoms with van der Waals surface area (Å²) in [6.07, 6.45) is 0. The van der Waals surface area contributed by atoms with Gasteiger partial charge in [0.2, 0.25) is 0 Å². The number of nitrogens with one attached hydrogen (secondary N) is 1. The van der Waals surface area contributed by atoms with Crippen LogP contribution in [0.2, 0.25) is 0 Å². The molecule has 4 N–H and O–H groups in total. The summed E-state index contributed by atoms with van der Waals surface area (Å²) in [5.41, 5.74) is 5.99. The number of nitrogens with two attached hydrogens (primary N) is 1. The minimum atomic E-state index is -1.04. The molecule has 0 unspecified atom stereocenters. The molecule has 8 nitrogen and oxygen atoms in total. The van der Waals surface area contributed by atoms with Crippen LogP contribution in [-0.4, -0.2) is 47.0 Å². The first-order valence-corrected chi connectivity index (χ1v) is 5.57. The summed E-state index contributed by atoms with van der Waals surface area (Å²) in [6.45, 7) is 2.70. The quantitative estimate of drug-likeness (QED) is 0.618. The zero-order valence-electron chi connectivity index (χ0n) is 9.76. The number of nitriles is 1. The van der Waals surface area contributed by atoms with Crippen LogP contribution >= 0.6 is 0 Å². The Bertz CT molecular complexity index is 497.